The van der Waals surface area contributed by atoms with Crippen molar-refractivity contribution in [1.29, 1.82) is 0 Å². The molecule has 152 valence electrons. The Morgan fingerprint density at radius 3 is 2.62 bits per heavy atom. The molecule has 0 aliphatic heterocycles. The maximum Gasteiger partial charge on any atom is 0.248 e. The van der Waals surface area contributed by atoms with Crippen molar-refractivity contribution in [3.63, 3.8) is 0 Å². The average Bonchev–Trinajstić information content (AvgIpc) is 3.25. The third-order valence-electron chi connectivity index (χ3n) is 5.86. The summed E-state index contributed by atoms with van der Waals surface area (Å²) in [5.74, 6) is 2.31. The number of fused-ring (bicyclic) bond motifs is 1. The molecule has 0 unspecified atom stereocenters. The lowest BCUT2D eigenvalue weighted by atomic mass is 9.86. The summed E-state index contributed by atoms with van der Waals surface area (Å²) < 4.78 is 46.6. The van der Waals surface area contributed by atoms with Crippen LogP contribution in [0.15, 0.2) is 41.8 Å². The minimum atomic E-state index is -2.71. The second-order valence-corrected chi connectivity index (χ2v) is 8.02. The second kappa shape index (κ2) is 7.76. The molecule has 1 N–H and O–H groups in total. The van der Waals surface area contributed by atoms with Crippen molar-refractivity contribution in [3.05, 3.63) is 52.9 Å². The zero-order valence-electron chi connectivity index (χ0n) is 18.7. The zero-order chi connectivity index (χ0) is 22.4. The van der Waals surface area contributed by atoms with Crippen LogP contribution in [0.5, 0.6) is 0 Å². The fourth-order valence-electron chi connectivity index (χ4n) is 4.32. The van der Waals surface area contributed by atoms with Crippen molar-refractivity contribution in [2.45, 2.75) is 57.9 Å². The maximum atomic E-state index is 13.7. The molecule has 4 rings (SSSR count). The van der Waals surface area contributed by atoms with Gasteiger partial charge in [-0.25, -0.2) is 8.78 Å². The Morgan fingerprint density at radius 1 is 1.28 bits per heavy atom. The first-order valence-corrected chi connectivity index (χ1v) is 9.98. The number of allylic oxidation sites excluding steroid dienone is 4. The molecule has 2 heterocycles. The largest absolute Gasteiger partial charge is 0.384 e. The molecule has 1 saturated carbocycles. The first-order valence-electron chi connectivity index (χ1n) is 11.0. The van der Waals surface area contributed by atoms with Gasteiger partial charge in [-0.1, -0.05) is 35.1 Å². The molecule has 1 fully saturated rings. The van der Waals surface area contributed by atoms with E-state index in [9.17, 15) is 8.78 Å². The molecule has 0 aromatic carbocycles. The predicted molar refractivity (Wildman–Crippen MR) is 111 cm³/mol. The topological polar surface area (TPSA) is 38.0 Å². The van der Waals surface area contributed by atoms with Crippen LogP contribution in [0.1, 0.15) is 59.3 Å². The number of nitrogens with zero attached hydrogens (tertiary/aromatic N) is 2. The molecular formula is C24H26F2N2O. The Bertz CT molecular complexity index is 1110. The summed E-state index contributed by atoms with van der Waals surface area (Å²) in [6.07, 6.45) is 7.19. The summed E-state index contributed by atoms with van der Waals surface area (Å²) in [4.78, 5) is 4.60. The van der Waals surface area contributed by atoms with Gasteiger partial charge in [-0.05, 0) is 44.2 Å². The van der Waals surface area contributed by atoms with Crippen molar-refractivity contribution in [2.75, 3.05) is 6.61 Å². The Labute approximate surface area is 172 Å². The monoisotopic (exact) mass is 398 g/mol. The van der Waals surface area contributed by atoms with Crippen molar-refractivity contribution in [3.8, 4) is 11.8 Å². The van der Waals surface area contributed by atoms with Gasteiger partial charge in [0, 0.05) is 37.7 Å². The minimum Gasteiger partial charge on any atom is -0.384 e. The number of aliphatic hydroxyl groups is 1. The average molecular weight is 398 g/mol. The number of pyridine rings is 1. The minimum absolute atomic E-state index is 0.0893. The number of hydrogen-bond acceptors (Lipinski definition) is 2. The highest BCUT2D eigenvalue weighted by molar-refractivity contribution is 5.83. The van der Waals surface area contributed by atoms with E-state index in [-0.39, 0.29) is 38.2 Å². The highest BCUT2D eigenvalue weighted by Gasteiger charge is 2.35. The molecule has 0 bridgehead atoms. The number of alkyl halides is 2. The molecule has 0 saturated heterocycles. The zero-order valence-corrected chi connectivity index (χ0v) is 16.7. The lowest BCUT2D eigenvalue weighted by Crippen LogP contribution is -2.26. The van der Waals surface area contributed by atoms with E-state index < -0.39 is 18.3 Å². The third-order valence-corrected chi connectivity index (χ3v) is 5.86. The lowest BCUT2D eigenvalue weighted by Gasteiger charge is -2.28. The molecule has 0 amide bonds. The van der Waals surface area contributed by atoms with E-state index >= 15 is 0 Å². The van der Waals surface area contributed by atoms with Gasteiger partial charge in [-0.15, -0.1) is 0 Å². The smallest absolute Gasteiger partial charge is 0.248 e. The molecule has 2 aliphatic carbocycles. The van der Waals surface area contributed by atoms with E-state index in [1.807, 2.05) is 6.07 Å². The van der Waals surface area contributed by atoms with Crippen LogP contribution in [-0.4, -0.2) is 27.2 Å². The van der Waals surface area contributed by atoms with Crippen LogP contribution in [-0.2, 0) is 6.50 Å². The molecule has 3 nitrogen and oxygen atoms in total. The second-order valence-electron chi connectivity index (χ2n) is 8.02. The van der Waals surface area contributed by atoms with E-state index in [0.29, 0.717) is 16.6 Å². The first kappa shape index (κ1) is 17.4. The standard InChI is InChI=1S/C24H26F2N2O/c1-16-5-6-17(2)22(16)20-12-21-23(27-13-20)19(4-3-11-29)15-28(21)14-18-7-9-24(25,26)10-8-18/h5-6,12-13,15,18,22,29H,7-11,14H2,1-2H3/i14D2. The van der Waals surface area contributed by atoms with Crippen LogP contribution in [0.4, 0.5) is 8.78 Å². The third kappa shape index (κ3) is 4.00. The Kier molecular flexibility index (Phi) is 4.66. The number of rotatable bonds is 3. The fourth-order valence-corrected chi connectivity index (χ4v) is 4.32. The highest BCUT2D eigenvalue weighted by atomic mass is 19.3. The van der Waals surface area contributed by atoms with E-state index in [2.05, 4.69) is 42.8 Å². The van der Waals surface area contributed by atoms with E-state index in [4.69, 9.17) is 7.85 Å². The van der Waals surface area contributed by atoms with Crippen molar-refractivity contribution in [1.82, 2.24) is 9.55 Å². The normalized spacial score (nSPS) is 21.3. The SMILES string of the molecule is [2H]C([2H])(C1CCC(F)(F)CC1)n1cc(C#CCO)c2ncc(C3C(C)=CC=C3C)cc21. The van der Waals surface area contributed by atoms with Gasteiger partial charge in [0.2, 0.25) is 5.92 Å². The fraction of sp³-hybridized carbons (Fsp3) is 0.458. The quantitative estimate of drug-likeness (QED) is 0.722. The van der Waals surface area contributed by atoms with Gasteiger partial charge in [0.15, 0.2) is 0 Å². The van der Waals surface area contributed by atoms with Crippen molar-refractivity contribution < 1.29 is 16.6 Å². The highest BCUT2D eigenvalue weighted by Crippen LogP contribution is 2.39. The van der Waals surface area contributed by atoms with E-state index in [1.54, 1.807) is 12.4 Å². The Balaban J connectivity index is 1.82. The predicted octanol–water partition coefficient (Wildman–Crippen LogP) is 5.20. The van der Waals surface area contributed by atoms with Gasteiger partial charge in [-0.3, -0.25) is 4.98 Å². The summed E-state index contributed by atoms with van der Waals surface area (Å²) >= 11 is 0. The lowest BCUT2D eigenvalue weighted by molar-refractivity contribution is -0.0472. The van der Waals surface area contributed by atoms with Crippen LogP contribution >= 0.6 is 0 Å². The molecule has 0 spiro atoms. The number of hydrogen-bond donors (Lipinski definition) is 1. The molecule has 29 heavy (non-hydrogen) atoms. The van der Waals surface area contributed by atoms with Gasteiger partial charge < -0.3 is 9.67 Å². The van der Waals surface area contributed by atoms with E-state index in [1.165, 1.54) is 15.7 Å². The number of halogens is 2. The molecule has 2 aromatic rings. The Morgan fingerprint density at radius 2 is 1.97 bits per heavy atom. The Hall–Kier alpha value is -2.45. The molecule has 2 aromatic heterocycles. The van der Waals surface area contributed by atoms with Crippen LogP contribution in [0.3, 0.4) is 0 Å². The molecular weight excluding hydrogens is 370 g/mol. The van der Waals surface area contributed by atoms with Crippen molar-refractivity contribution >= 4 is 11.0 Å². The number of aromatic nitrogens is 2. The van der Waals surface area contributed by atoms with Crippen molar-refractivity contribution in [2.24, 2.45) is 5.92 Å². The summed E-state index contributed by atoms with van der Waals surface area (Å²) in [7, 11) is 0. The summed E-state index contributed by atoms with van der Waals surface area (Å²) in [6.45, 7) is 1.94. The van der Waals surface area contributed by atoms with Crippen LogP contribution in [0, 0.1) is 17.8 Å². The summed E-state index contributed by atoms with van der Waals surface area (Å²) in [5.41, 5.74) is 5.00. The van der Waals surface area contributed by atoms with Gasteiger partial charge >= 0.3 is 0 Å². The van der Waals surface area contributed by atoms with Crippen LogP contribution < -0.4 is 0 Å². The van der Waals surface area contributed by atoms with Crippen LogP contribution in [0.2, 0.25) is 0 Å². The molecule has 2 aliphatic rings. The summed E-state index contributed by atoms with van der Waals surface area (Å²) in [5, 5.41) is 9.11. The molecule has 0 atom stereocenters. The molecule has 0 radical (unpaired) electrons. The summed E-state index contributed by atoms with van der Waals surface area (Å²) in [6, 6.07) is 1.94. The number of aliphatic hydroxyl groups excluding tert-OH is 1. The maximum absolute atomic E-state index is 13.7. The van der Waals surface area contributed by atoms with Gasteiger partial charge in [-0.2, -0.15) is 0 Å². The first-order chi connectivity index (χ1) is 14.6. The molecule has 5 heteroatoms. The van der Waals surface area contributed by atoms with Gasteiger partial charge in [0.05, 0.1) is 13.8 Å². The van der Waals surface area contributed by atoms with Crippen LogP contribution in [0.25, 0.3) is 11.0 Å². The van der Waals surface area contributed by atoms with Gasteiger partial charge in [0.25, 0.3) is 0 Å². The van der Waals surface area contributed by atoms with Gasteiger partial charge in [0.1, 0.15) is 12.1 Å². The van der Waals surface area contributed by atoms with E-state index in [0.717, 1.165) is 5.56 Å².